The maximum Gasteiger partial charge on any atom is 0.204 e. The maximum absolute atomic E-state index is 4.77. The maximum atomic E-state index is 4.77. The highest BCUT2D eigenvalue weighted by Crippen LogP contribution is 2.39. The first-order chi connectivity index (χ1) is 14.0. The number of aryl methyl sites for hydroxylation is 3. The SMILES string of the molecule is Cc1cccc(C(C)C)c1-c1c[n+](C)n2c1c1ccccc1c1nccc(C)c12. The van der Waals surface area contributed by atoms with Crippen LogP contribution in [-0.4, -0.2) is 9.50 Å². The predicted octanol–water partition coefficient (Wildman–Crippen LogP) is 5.87. The van der Waals surface area contributed by atoms with E-state index >= 15 is 0 Å². The fourth-order valence-electron chi connectivity index (χ4n) is 4.74. The summed E-state index contributed by atoms with van der Waals surface area (Å²) in [6, 6.07) is 17.4. The van der Waals surface area contributed by atoms with Gasteiger partial charge in [0, 0.05) is 17.0 Å². The molecule has 0 saturated heterocycles. The normalized spacial score (nSPS) is 11.9. The van der Waals surface area contributed by atoms with E-state index in [4.69, 9.17) is 4.98 Å². The second-order valence-electron chi connectivity index (χ2n) is 8.34. The van der Waals surface area contributed by atoms with E-state index in [1.165, 1.54) is 49.6 Å². The molecule has 0 amide bonds. The molecule has 0 atom stereocenters. The molecular weight excluding hydrogens is 354 g/mol. The molecular formula is C26H26N3+. The zero-order valence-electron chi connectivity index (χ0n) is 17.7. The third kappa shape index (κ3) is 2.50. The first kappa shape index (κ1) is 17.9. The number of pyridine rings is 2. The molecule has 0 fully saturated rings. The van der Waals surface area contributed by atoms with Gasteiger partial charge in [0.25, 0.3) is 0 Å². The van der Waals surface area contributed by atoms with Crippen molar-refractivity contribution >= 4 is 27.3 Å². The molecule has 0 bridgehead atoms. The molecule has 144 valence electrons. The summed E-state index contributed by atoms with van der Waals surface area (Å²) >= 11 is 0. The summed E-state index contributed by atoms with van der Waals surface area (Å²) in [6.45, 7) is 8.95. The van der Waals surface area contributed by atoms with Crippen molar-refractivity contribution < 1.29 is 4.68 Å². The van der Waals surface area contributed by atoms with Gasteiger partial charge < -0.3 is 0 Å². The van der Waals surface area contributed by atoms with Gasteiger partial charge in [-0.15, -0.1) is 9.20 Å². The average Bonchev–Trinajstić information content (AvgIpc) is 3.05. The highest BCUT2D eigenvalue weighted by atomic mass is 15.3. The van der Waals surface area contributed by atoms with Crippen LogP contribution in [0.1, 0.15) is 36.5 Å². The van der Waals surface area contributed by atoms with E-state index in [0.717, 1.165) is 5.52 Å². The Morgan fingerprint density at radius 2 is 1.62 bits per heavy atom. The lowest BCUT2D eigenvalue weighted by atomic mass is 9.89. The Morgan fingerprint density at radius 3 is 2.38 bits per heavy atom. The van der Waals surface area contributed by atoms with Crippen molar-refractivity contribution in [1.82, 2.24) is 9.50 Å². The van der Waals surface area contributed by atoms with Gasteiger partial charge in [-0.2, -0.15) is 0 Å². The number of nitrogens with zero attached hydrogens (tertiary/aromatic N) is 3. The average molecular weight is 381 g/mol. The van der Waals surface area contributed by atoms with Crippen LogP contribution in [-0.2, 0) is 7.05 Å². The Morgan fingerprint density at radius 1 is 0.862 bits per heavy atom. The molecule has 0 saturated carbocycles. The molecule has 0 unspecified atom stereocenters. The Hall–Kier alpha value is -3.20. The van der Waals surface area contributed by atoms with Crippen LogP contribution >= 0.6 is 0 Å². The molecule has 3 nitrogen and oxygen atoms in total. The minimum atomic E-state index is 0.459. The summed E-state index contributed by atoms with van der Waals surface area (Å²) in [4.78, 5) is 4.77. The van der Waals surface area contributed by atoms with Crippen LogP contribution in [0.25, 0.3) is 38.4 Å². The van der Waals surface area contributed by atoms with E-state index in [-0.39, 0.29) is 0 Å². The van der Waals surface area contributed by atoms with Crippen molar-refractivity contribution in [2.45, 2.75) is 33.6 Å². The number of hydrogen-bond donors (Lipinski definition) is 0. The predicted molar refractivity (Wildman–Crippen MR) is 120 cm³/mol. The van der Waals surface area contributed by atoms with Gasteiger partial charge in [0.05, 0.1) is 5.56 Å². The van der Waals surface area contributed by atoms with Gasteiger partial charge in [-0.05, 0) is 48.1 Å². The number of aromatic nitrogens is 3. The van der Waals surface area contributed by atoms with Gasteiger partial charge in [-0.1, -0.05) is 56.3 Å². The first-order valence-corrected chi connectivity index (χ1v) is 10.3. The van der Waals surface area contributed by atoms with Gasteiger partial charge in [-0.25, -0.2) is 0 Å². The van der Waals surface area contributed by atoms with Gasteiger partial charge in [-0.3, -0.25) is 4.98 Å². The summed E-state index contributed by atoms with van der Waals surface area (Å²) in [7, 11) is 2.13. The number of benzene rings is 2. The Balaban J connectivity index is 2.08. The van der Waals surface area contributed by atoms with E-state index in [0.29, 0.717) is 5.92 Å². The van der Waals surface area contributed by atoms with Crippen LogP contribution in [0.2, 0.25) is 0 Å². The van der Waals surface area contributed by atoms with E-state index < -0.39 is 0 Å². The minimum absolute atomic E-state index is 0.459. The molecule has 0 radical (unpaired) electrons. The molecule has 2 aromatic carbocycles. The number of rotatable bonds is 2. The van der Waals surface area contributed by atoms with E-state index in [1.54, 1.807) is 0 Å². The first-order valence-electron chi connectivity index (χ1n) is 10.3. The molecule has 0 aliphatic rings. The van der Waals surface area contributed by atoms with Crippen molar-refractivity contribution in [2.75, 3.05) is 0 Å². The molecule has 3 aromatic heterocycles. The third-order valence-corrected chi connectivity index (χ3v) is 6.07. The molecule has 0 aliphatic heterocycles. The van der Waals surface area contributed by atoms with Crippen molar-refractivity contribution in [3.05, 3.63) is 77.6 Å². The van der Waals surface area contributed by atoms with Crippen LogP contribution < -0.4 is 4.68 Å². The smallest absolute Gasteiger partial charge is 0.204 e. The summed E-state index contributed by atoms with van der Waals surface area (Å²) in [5, 5.41) is 2.45. The summed E-state index contributed by atoms with van der Waals surface area (Å²) in [6.07, 6.45) is 4.19. The number of hydrogen-bond acceptors (Lipinski definition) is 1. The fraction of sp³-hybridized carbons (Fsp3) is 0.231. The molecule has 0 aliphatic carbocycles. The zero-order valence-corrected chi connectivity index (χ0v) is 17.7. The number of fused-ring (bicyclic) bond motifs is 6. The molecule has 3 heterocycles. The lowest BCUT2D eigenvalue weighted by molar-refractivity contribution is -0.735. The van der Waals surface area contributed by atoms with Crippen LogP contribution in [0, 0.1) is 13.8 Å². The van der Waals surface area contributed by atoms with Gasteiger partial charge in [0.1, 0.15) is 16.6 Å². The van der Waals surface area contributed by atoms with Crippen LogP contribution in [0.15, 0.2) is 60.9 Å². The second kappa shape index (κ2) is 6.41. The molecule has 0 spiro atoms. The lowest BCUT2D eigenvalue weighted by Crippen LogP contribution is -2.34. The van der Waals surface area contributed by atoms with Gasteiger partial charge in [0.15, 0.2) is 7.05 Å². The van der Waals surface area contributed by atoms with E-state index in [2.05, 4.69) is 98.7 Å². The lowest BCUT2D eigenvalue weighted by Gasteiger charge is -2.15. The third-order valence-electron chi connectivity index (χ3n) is 6.07. The standard InChI is InChI=1S/C26H26N3/c1-16(2)19-12-8-9-17(3)23(19)22-15-28(5)29-25-18(4)13-14-27-24(25)20-10-6-7-11-21(20)26(22)29/h6-16H,1-5H3/q+1. The zero-order chi connectivity index (χ0) is 20.3. The van der Waals surface area contributed by atoms with Crippen LogP contribution in [0.3, 0.4) is 0 Å². The Bertz CT molecular complexity index is 1410. The Labute approximate surface area is 171 Å². The molecule has 5 rings (SSSR count). The largest absolute Gasteiger partial charge is 0.254 e. The monoisotopic (exact) mass is 380 g/mol. The van der Waals surface area contributed by atoms with Gasteiger partial charge in [0.2, 0.25) is 6.20 Å². The quantitative estimate of drug-likeness (QED) is 0.277. The van der Waals surface area contributed by atoms with Crippen molar-refractivity contribution in [3.63, 3.8) is 0 Å². The summed E-state index contributed by atoms with van der Waals surface area (Å²) < 4.78 is 4.55. The van der Waals surface area contributed by atoms with E-state index in [9.17, 15) is 0 Å². The fourth-order valence-corrected chi connectivity index (χ4v) is 4.74. The van der Waals surface area contributed by atoms with E-state index in [1.807, 2.05) is 6.20 Å². The Kier molecular flexibility index (Phi) is 3.95. The molecule has 3 heteroatoms. The van der Waals surface area contributed by atoms with Gasteiger partial charge >= 0.3 is 0 Å². The molecule has 0 N–H and O–H groups in total. The summed E-state index contributed by atoms with van der Waals surface area (Å²) in [5.74, 6) is 0.459. The second-order valence-corrected chi connectivity index (χ2v) is 8.34. The topological polar surface area (TPSA) is 21.2 Å². The van der Waals surface area contributed by atoms with Crippen molar-refractivity contribution in [1.29, 1.82) is 0 Å². The van der Waals surface area contributed by atoms with Crippen LogP contribution in [0.5, 0.6) is 0 Å². The summed E-state index contributed by atoms with van der Waals surface area (Å²) in [5.41, 5.74) is 10.1. The van der Waals surface area contributed by atoms with Crippen molar-refractivity contribution in [3.8, 4) is 11.1 Å². The van der Waals surface area contributed by atoms with Crippen LogP contribution in [0.4, 0.5) is 0 Å². The van der Waals surface area contributed by atoms with Crippen molar-refractivity contribution in [2.24, 2.45) is 7.05 Å². The highest BCUT2D eigenvalue weighted by molar-refractivity contribution is 6.14. The minimum Gasteiger partial charge on any atom is -0.254 e. The highest BCUT2D eigenvalue weighted by Gasteiger charge is 2.25. The molecule has 29 heavy (non-hydrogen) atoms. The molecule has 5 aromatic rings.